The van der Waals surface area contributed by atoms with Crippen LogP contribution in [0.4, 0.5) is 11.4 Å². The molecule has 0 fully saturated rings. The third kappa shape index (κ3) is 3.55. The van der Waals surface area contributed by atoms with Gasteiger partial charge < -0.3 is 15.8 Å². The maximum absolute atomic E-state index is 12.2. The van der Waals surface area contributed by atoms with Gasteiger partial charge in [0, 0.05) is 16.8 Å². The van der Waals surface area contributed by atoms with Gasteiger partial charge in [0.05, 0.1) is 16.3 Å². The van der Waals surface area contributed by atoms with E-state index < -0.39 is 5.97 Å². The summed E-state index contributed by atoms with van der Waals surface area (Å²) in [6.45, 7) is 1.31. The van der Waals surface area contributed by atoms with Crippen LogP contribution in [0.5, 0.6) is 5.75 Å². The van der Waals surface area contributed by atoms with Crippen molar-refractivity contribution in [2.75, 3.05) is 11.1 Å². The lowest BCUT2D eigenvalue weighted by molar-refractivity contribution is -0.131. The van der Waals surface area contributed by atoms with Crippen molar-refractivity contribution < 1.29 is 14.3 Å². The molecule has 0 aromatic heterocycles. The molecule has 24 heavy (non-hydrogen) atoms. The SMILES string of the molecule is CC(=O)Oc1ccc(/C=C2\Sc3ccc(Cl)cc3NC2=O)cc1N. The Labute approximate surface area is 147 Å². The van der Waals surface area contributed by atoms with E-state index in [4.69, 9.17) is 22.1 Å². The molecule has 122 valence electrons. The number of nitrogens with one attached hydrogen (secondary N) is 1. The van der Waals surface area contributed by atoms with Crippen molar-refractivity contribution in [2.24, 2.45) is 0 Å². The van der Waals surface area contributed by atoms with E-state index in [0.717, 1.165) is 10.5 Å². The molecule has 2 aromatic rings. The molecule has 2 aromatic carbocycles. The highest BCUT2D eigenvalue weighted by Gasteiger charge is 2.21. The van der Waals surface area contributed by atoms with Crippen LogP contribution in [-0.2, 0) is 9.59 Å². The minimum absolute atomic E-state index is 0.211. The molecule has 5 nitrogen and oxygen atoms in total. The number of rotatable bonds is 2. The van der Waals surface area contributed by atoms with Crippen LogP contribution < -0.4 is 15.8 Å². The fourth-order valence-corrected chi connectivity index (χ4v) is 3.29. The van der Waals surface area contributed by atoms with Crippen molar-refractivity contribution in [2.45, 2.75) is 11.8 Å². The highest BCUT2D eigenvalue weighted by molar-refractivity contribution is 8.04. The Balaban J connectivity index is 1.89. The van der Waals surface area contributed by atoms with Crippen molar-refractivity contribution in [3.8, 4) is 5.75 Å². The molecular weight excluding hydrogens is 348 g/mol. The van der Waals surface area contributed by atoms with Crippen molar-refractivity contribution in [1.29, 1.82) is 0 Å². The molecule has 1 amide bonds. The number of fused-ring (bicyclic) bond motifs is 1. The first kappa shape index (κ1) is 16.4. The van der Waals surface area contributed by atoms with Crippen LogP contribution in [0.1, 0.15) is 12.5 Å². The van der Waals surface area contributed by atoms with E-state index in [1.54, 1.807) is 36.4 Å². The van der Waals surface area contributed by atoms with Crippen LogP contribution in [0.15, 0.2) is 46.2 Å². The van der Waals surface area contributed by atoms with Gasteiger partial charge in [-0.2, -0.15) is 0 Å². The number of amides is 1. The number of nitrogen functional groups attached to an aromatic ring is 1. The van der Waals surface area contributed by atoms with E-state index in [2.05, 4.69) is 5.32 Å². The predicted octanol–water partition coefficient (Wildman–Crippen LogP) is 3.93. The molecule has 1 heterocycles. The van der Waals surface area contributed by atoms with E-state index in [0.29, 0.717) is 27.1 Å². The first-order chi connectivity index (χ1) is 11.4. The van der Waals surface area contributed by atoms with Gasteiger partial charge in [-0.3, -0.25) is 9.59 Å². The van der Waals surface area contributed by atoms with Crippen molar-refractivity contribution in [1.82, 2.24) is 0 Å². The number of carbonyl (C=O) groups is 2. The normalized spacial score (nSPS) is 14.9. The molecule has 1 aliphatic rings. The summed E-state index contributed by atoms with van der Waals surface area (Å²) < 4.78 is 4.99. The standard InChI is InChI=1S/C17H13ClN2O3S/c1-9(21)23-14-4-2-10(6-12(14)19)7-16-17(22)20-13-8-11(18)3-5-15(13)24-16/h2-8H,19H2,1H3,(H,20,22)/b16-7-. The summed E-state index contributed by atoms with van der Waals surface area (Å²) in [4.78, 5) is 24.7. The molecule has 0 aliphatic carbocycles. The third-order valence-corrected chi connectivity index (χ3v) is 4.55. The zero-order valence-corrected chi connectivity index (χ0v) is 14.2. The van der Waals surface area contributed by atoms with Crippen LogP contribution in [0, 0.1) is 0 Å². The molecule has 0 bridgehead atoms. The summed E-state index contributed by atoms with van der Waals surface area (Å²) in [5.41, 5.74) is 7.63. The second-order valence-electron chi connectivity index (χ2n) is 5.10. The minimum Gasteiger partial charge on any atom is -0.425 e. The summed E-state index contributed by atoms with van der Waals surface area (Å²) in [5.74, 6) is -0.354. The largest absolute Gasteiger partial charge is 0.425 e. The number of anilines is 2. The van der Waals surface area contributed by atoms with E-state index in [-0.39, 0.29) is 5.91 Å². The van der Waals surface area contributed by atoms with Crippen molar-refractivity contribution in [3.63, 3.8) is 0 Å². The molecule has 0 radical (unpaired) electrons. The number of carbonyl (C=O) groups excluding carboxylic acids is 2. The number of nitrogens with two attached hydrogens (primary N) is 1. The van der Waals surface area contributed by atoms with Gasteiger partial charge in [0.2, 0.25) is 0 Å². The number of hydrogen-bond acceptors (Lipinski definition) is 5. The predicted molar refractivity (Wildman–Crippen MR) is 96.1 cm³/mol. The lowest BCUT2D eigenvalue weighted by Crippen LogP contribution is -2.17. The Bertz CT molecular complexity index is 880. The molecule has 0 saturated carbocycles. The number of halogens is 1. The van der Waals surface area contributed by atoms with Crippen LogP contribution >= 0.6 is 23.4 Å². The van der Waals surface area contributed by atoms with Gasteiger partial charge in [-0.15, -0.1) is 0 Å². The summed E-state index contributed by atoms with van der Waals surface area (Å²) in [5, 5.41) is 3.38. The molecule has 0 unspecified atom stereocenters. The molecule has 0 atom stereocenters. The van der Waals surface area contributed by atoms with Gasteiger partial charge in [0.1, 0.15) is 0 Å². The summed E-state index contributed by atoms with van der Waals surface area (Å²) in [6, 6.07) is 10.3. The molecular formula is C17H13ClN2O3S. The maximum Gasteiger partial charge on any atom is 0.308 e. The first-order valence-electron chi connectivity index (χ1n) is 7.01. The minimum atomic E-state index is -0.440. The average Bonchev–Trinajstić information content (AvgIpc) is 2.50. The quantitative estimate of drug-likeness (QED) is 0.367. The molecule has 0 saturated heterocycles. The molecule has 7 heteroatoms. The van der Waals surface area contributed by atoms with Gasteiger partial charge in [-0.25, -0.2) is 0 Å². The summed E-state index contributed by atoms with van der Waals surface area (Å²) in [7, 11) is 0. The number of esters is 1. The number of ether oxygens (including phenoxy) is 1. The third-order valence-electron chi connectivity index (χ3n) is 3.22. The lowest BCUT2D eigenvalue weighted by Gasteiger charge is -2.18. The summed E-state index contributed by atoms with van der Waals surface area (Å²) in [6.07, 6.45) is 1.73. The lowest BCUT2D eigenvalue weighted by atomic mass is 10.1. The zero-order chi connectivity index (χ0) is 17.3. The highest BCUT2D eigenvalue weighted by atomic mass is 35.5. The van der Waals surface area contributed by atoms with Gasteiger partial charge in [0.25, 0.3) is 5.91 Å². The van der Waals surface area contributed by atoms with Gasteiger partial charge in [-0.1, -0.05) is 29.4 Å². The monoisotopic (exact) mass is 360 g/mol. The first-order valence-corrected chi connectivity index (χ1v) is 8.20. The number of benzene rings is 2. The molecule has 1 aliphatic heterocycles. The van der Waals surface area contributed by atoms with Gasteiger partial charge in [0.15, 0.2) is 5.75 Å². The Morgan fingerprint density at radius 3 is 2.79 bits per heavy atom. The highest BCUT2D eigenvalue weighted by Crippen LogP contribution is 2.40. The van der Waals surface area contributed by atoms with Crippen LogP contribution in [-0.4, -0.2) is 11.9 Å². The Kier molecular flexibility index (Phi) is 4.51. The maximum atomic E-state index is 12.2. The van der Waals surface area contributed by atoms with Crippen molar-refractivity contribution >= 4 is 52.7 Å². The van der Waals surface area contributed by atoms with Crippen LogP contribution in [0.25, 0.3) is 6.08 Å². The Hall–Kier alpha value is -2.44. The topological polar surface area (TPSA) is 81.4 Å². The number of hydrogen-bond donors (Lipinski definition) is 2. The van der Waals surface area contributed by atoms with Gasteiger partial charge in [-0.05, 0) is 42.0 Å². The second-order valence-corrected chi connectivity index (χ2v) is 6.62. The number of thioether (sulfide) groups is 1. The van der Waals surface area contributed by atoms with E-state index in [1.165, 1.54) is 18.7 Å². The van der Waals surface area contributed by atoms with E-state index in [9.17, 15) is 9.59 Å². The van der Waals surface area contributed by atoms with E-state index in [1.807, 2.05) is 6.07 Å². The van der Waals surface area contributed by atoms with Crippen LogP contribution in [0.3, 0.4) is 0 Å². The zero-order valence-electron chi connectivity index (χ0n) is 12.6. The average molecular weight is 361 g/mol. The summed E-state index contributed by atoms with van der Waals surface area (Å²) >= 11 is 7.29. The fraction of sp³-hybridized carbons (Fsp3) is 0.0588. The smallest absolute Gasteiger partial charge is 0.308 e. The molecule has 3 rings (SSSR count). The molecule has 0 spiro atoms. The Morgan fingerprint density at radius 2 is 2.08 bits per heavy atom. The Morgan fingerprint density at radius 1 is 1.29 bits per heavy atom. The second kappa shape index (κ2) is 6.59. The fourth-order valence-electron chi connectivity index (χ4n) is 2.19. The van der Waals surface area contributed by atoms with Crippen molar-refractivity contribution in [3.05, 3.63) is 51.9 Å². The van der Waals surface area contributed by atoms with Crippen LogP contribution in [0.2, 0.25) is 5.02 Å². The van der Waals surface area contributed by atoms with E-state index >= 15 is 0 Å². The van der Waals surface area contributed by atoms with Gasteiger partial charge >= 0.3 is 5.97 Å². The molecule has 3 N–H and O–H groups in total.